The predicted molar refractivity (Wildman–Crippen MR) is 82.2 cm³/mol. The molecule has 2 saturated heterocycles. The van der Waals surface area contributed by atoms with Crippen molar-refractivity contribution in [2.24, 2.45) is 17.8 Å². The molecule has 6 nitrogen and oxygen atoms in total. The van der Waals surface area contributed by atoms with Gasteiger partial charge < -0.3 is 10.1 Å². The summed E-state index contributed by atoms with van der Waals surface area (Å²) in [7, 11) is 0. The van der Waals surface area contributed by atoms with Crippen molar-refractivity contribution < 1.29 is 19.1 Å². The highest BCUT2D eigenvalue weighted by molar-refractivity contribution is 5.96. The summed E-state index contributed by atoms with van der Waals surface area (Å²) in [4.78, 5) is 38.0. The Morgan fingerprint density at radius 1 is 1.22 bits per heavy atom. The van der Waals surface area contributed by atoms with Crippen LogP contribution >= 0.6 is 0 Å². The minimum Gasteiger partial charge on any atom is -0.447 e. The van der Waals surface area contributed by atoms with E-state index in [2.05, 4.69) is 5.32 Å². The fourth-order valence-corrected chi connectivity index (χ4v) is 3.32. The summed E-state index contributed by atoms with van der Waals surface area (Å²) in [5.41, 5.74) is 0.866. The lowest BCUT2D eigenvalue weighted by Gasteiger charge is -2.40. The van der Waals surface area contributed by atoms with Crippen LogP contribution in [0.4, 0.5) is 4.79 Å². The van der Waals surface area contributed by atoms with Crippen molar-refractivity contribution in [1.82, 2.24) is 10.2 Å². The molecule has 1 aromatic rings. The highest BCUT2D eigenvalue weighted by atomic mass is 16.6. The van der Waals surface area contributed by atoms with Gasteiger partial charge in [-0.3, -0.25) is 9.59 Å². The van der Waals surface area contributed by atoms with Crippen LogP contribution in [0.25, 0.3) is 0 Å². The highest BCUT2D eigenvalue weighted by Crippen LogP contribution is 2.38. The number of piperidine rings is 1. The molecule has 0 radical (unpaired) electrons. The number of nitrogens with zero attached hydrogens (tertiary/aromatic N) is 1. The largest absolute Gasteiger partial charge is 0.447 e. The first-order chi connectivity index (χ1) is 11.0. The average molecular weight is 316 g/mol. The monoisotopic (exact) mass is 316 g/mol. The second-order valence-electron chi connectivity index (χ2n) is 6.17. The summed E-state index contributed by atoms with van der Waals surface area (Å²) in [6.45, 7) is 4.20. The number of carbonyl (C=O) groups is 3. The number of benzene rings is 1. The maximum Gasteiger partial charge on any atom is 0.416 e. The van der Waals surface area contributed by atoms with Crippen LogP contribution in [-0.2, 0) is 14.3 Å². The molecule has 3 rings (SSSR count). The van der Waals surface area contributed by atoms with Crippen LogP contribution < -0.4 is 5.32 Å². The third-order valence-electron chi connectivity index (χ3n) is 4.90. The van der Waals surface area contributed by atoms with E-state index in [-0.39, 0.29) is 36.8 Å². The van der Waals surface area contributed by atoms with Gasteiger partial charge in [-0.25, -0.2) is 9.69 Å². The van der Waals surface area contributed by atoms with Crippen molar-refractivity contribution in [1.29, 1.82) is 0 Å². The molecule has 0 unspecified atom stereocenters. The number of hydrogen-bond acceptors (Lipinski definition) is 4. The van der Waals surface area contributed by atoms with Crippen LogP contribution in [0.3, 0.4) is 0 Å². The van der Waals surface area contributed by atoms with Gasteiger partial charge in [0, 0.05) is 5.92 Å². The first-order valence-corrected chi connectivity index (χ1v) is 7.84. The SMILES string of the molecule is C[C@@H]1[C@@H](C(=O)N2CCOC2=O)[C@H](c2ccccc2)NC(=O)[C@@H]1C. The Balaban J connectivity index is 1.96. The maximum absolute atomic E-state index is 12.9. The Hall–Kier alpha value is -2.37. The molecule has 0 spiro atoms. The van der Waals surface area contributed by atoms with E-state index in [0.717, 1.165) is 10.5 Å². The Bertz CT molecular complexity index is 631. The third kappa shape index (κ3) is 2.69. The van der Waals surface area contributed by atoms with E-state index in [1.54, 1.807) is 0 Å². The van der Waals surface area contributed by atoms with Gasteiger partial charge in [0.15, 0.2) is 0 Å². The molecular weight excluding hydrogens is 296 g/mol. The molecule has 1 aromatic carbocycles. The van der Waals surface area contributed by atoms with E-state index in [0.29, 0.717) is 0 Å². The first-order valence-electron chi connectivity index (χ1n) is 7.84. The molecule has 2 aliphatic heterocycles. The summed E-state index contributed by atoms with van der Waals surface area (Å²) in [5.74, 6) is -1.30. The molecule has 23 heavy (non-hydrogen) atoms. The molecule has 6 heteroatoms. The standard InChI is InChI=1S/C17H20N2O4/c1-10-11(2)15(20)18-14(12-6-4-3-5-7-12)13(10)16(21)19-8-9-23-17(19)22/h3-7,10-11,13-14H,8-9H2,1-2H3,(H,18,20)/t10-,11+,13+,14-/m0/s1. The number of amides is 3. The topological polar surface area (TPSA) is 75.7 Å². The second kappa shape index (κ2) is 6.02. The van der Waals surface area contributed by atoms with E-state index in [1.165, 1.54) is 0 Å². The molecule has 2 fully saturated rings. The molecule has 0 aromatic heterocycles. The number of imide groups is 1. The first kappa shape index (κ1) is 15.5. The lowest BCUT2D eigenvalue weighted by Crippen LogP contribution is -2.54. The molecule has 2 heterocycles. The number of cyclic esters (lactones) is 1. The molecular formula is C17H20N2O4. The van der Waals surface area contributed by atoms with Gasteiger partial charge in [0.05, 0.1) is 18.5 Å². The van der Waals surface area contributed by atoms with Gasteiger partial charge in [-0.2, -0.15) is 0 Å². The lowest BCUT2D eigenvalue weighted by molar-refractivity contribution is -0.142. The van der Waals surface area contributed by atoms with Crippen LogP contribution in [0, 0.1) is 17.8 Å². The summed E-state index contributed by atoms with van der Waals surface area (Å²) >= 11 is 0. The Morgan fingerprint density at radius 2 is 1.91 bits per heavy atom. The molecule has 0 aliphatic carbocycles. The predicted octanol–water partition coefficient (Wildman–Crippen LogP) is 1.72. The quantitative estimate of drug-likeness (QED) is 0.901. The van der Waals surface area contributed by atoms with Crippen molar-refractivity contribution >= 4 is 17.9 Å². The van der Waals surface area contributed by atoms with Gasteiger partial charge in [0.25, 0.3) is 0 Å². The minimum absolute atomic E-state index is 0.0700. The molecule has 0 saturated carbocycles. The van der Waals surface area contributed by atoms with E-state index >= 15 is 0 Å². The summed E-state index contributed by atoms with van der Waals surface area (Å²) in [6, 6.07) is 8.96. The van der Waals surface area contributed by atoms with Gasteiger partial charge in [0.1, 0.15) is 6.61 Å². The average Bonchev–Trinajstić information content (AvgIpc) is 2.98. The number of hydrogen-bond donors (Lipinski definition) is 1. The smallest absolute Gasteiger partial charge is 0.416 e. The number of ether oxygens (including phenoxy) is 1. The Kier molecular flexibility index (Phi) is 4.07. The van der Waals surface area contributed by atoms with Crippen LogP contribution in [0.15, 0.2) is 30.3 Å². The zero-order valence-corrected chi connectivity index (χ0v) is 13.2. The van der Waals surface area contributed by atoms with Gasteiger partial charge in [0.2, 0.25) is 11.8 Å². The molecule has 0 bridgehead atoms. The van der Waals surface area contributed by atoms with Gasteiger partial charge in [-0.05, 0) is 11.5 Å². The lowest BCUT2D eigenvalue weighted by atomic mass is 9.73. The van der Waals surface area contributed by atoms with Crippen molar-refractivity contribution in [2.45, 2.75) is 19.9 Å². The number of rotatable bonds is 2. The molecule has 3 amide bonds. The Morgan fingerprint density at radius 3 is 2.52 bits per heavy atom. The zero-order chi connectivity index (χ0) is 16.6. The van der Waals surface area contributed by atoms with Crippen molar-refractivity contribution in [3.63, 3.8) is 0 Å². The van der Waals surface area contributed by atoms with E-state index in [9.17, 15) is 14.4 Å². The zero-order valence-electron chi connectivity index (χ0n) is 13.2. The van der Waals surface area contributed by atoms with Crippen LogP contribution in [-0.4, -0.2) is 36.0 Å². The second-order valence-corrected chi connectivity index (χ2v) is 6.17. The maximum atomic E-state index is 12.9. The van der Waals surface area contributed by atoms with E-state index < -0.39 is 18.1 Å². The van der Waals surface area contributed by atoms with Crippen LogP contribution in [0.1, 0.15) is 25.5 Å². The van der Waals surface area contributed by atoms with Crippen molar-refractivity contribution in [3.8, 4) is 0 Å². The van der Waals surface area contributed by atoms with Crippen LogP contribution in [0.5, 0.6) is 0 Å². The molecule has 122 valence electrons. The van der Waals surface area contributed by atoms with Crippen LogP contribution in [0.2, 0.25) is 0 Å². The van der Waals surface area contributed by atoms with Crippen molar-refractivity contribution in [3.05, 3.63) is 35.9 Å². The molecule has 1 N–H and O–H groups in total. The summed E-state index contributed by atoms with van der Waals surface area (Å²) < 4.78 is 4.88. The number of nitrogens with one attached hydrogen (secondary N) is 1. The minimum atomic E-state index is -0.599. The highest BCUT2D eigenvalue weighted by Gasteiger charge is 2.47. The fourth-order valence-electron chi connectivity index (χ4n) is 3.32. The third-order valence-corrected chi connectivity index (χ3v) is 4.90. The summed E-state index contributed by atoms with van der Waals surface area (Å²) in [5, 5.41) is 2.94. The van der Waals surface area contributed by atoms with E-state index in [4.69, 9.17) is 4.74 Å². The van der Waals surface area contributed by atoms with Gasteiger partial charge in [-0.1, -0.05) is 44.2 Å². The van der Waals surface area contributed by atoms with E-state index in [1.807, 2.05) is 44.2 Å². The number of carbonyl (C=O) groups excluding carboxylic acids is 3. The van der Waals surface area contributed by atoms with Gasteiger partial charge in [-0.15, -0.1) is 0 Å². The Labute approximate surface area is 134 Å². The molecule has 2 aliphatic rings. The molecule has 4 atom stereocenters. The fraction of sp³-hybridized carbons (Fsp3) is 0.471. The van der Waals surface area contributed by atoms with Crippen molar-refractivity contribution in [2.75, 3.05) is 13.2 Å². The normalized spacial score (nSPS) is 30.8. The van der Waals surface area contributed by atoms with Gasteiger partial charge >= 0.3 is 6.09 Å². The summed E-state index contributed by atoms with van der Waals surface area (Å²) in [6.07, 6.45) is -0.599.